The molecule has 4 aromatic rings. The molecule has 4 rings (SSSR count). The van der Waals surface area contributed by atoms with Crippen molar-refractivity contribution in [1.82, 2.24) is 19.7 Å². The lowest BCUT2D eigenvalue weighted by molar-refractivity contribution is 0.0474. The summed E-state index contributed by atoms with van der Waals surface area (Å²) in [5.74, 6) is -0.653. The van der Waals surface area contributed by atoms with Crippen LogP contribution in [0.1, 0.15) is 22.8 Å². The monoisotopic (exact) mass is 427 g/mol. The molecule has 160 valence electrons. The molecule has 3 heterocycles. The number of rotatable bonds is 7. The third kappa shape index (κ3) is 4.54. The maximum Gasteiger partial charge on any atom is 0.343 e. The van der Waals surface area contributed by atoms with Crippen LogP contribution in [-0.2, 0) is 17.9 Å². The van der Waals surface area contributed by atoms with E-state index in [0.29, 0.717) is 23.5 Å². The zero-order valence-electron chi connectivity index (χ0n) is 17.4. The molecule has 0 atom stereocenters. The van der Waals surface area contributed by atoms with E-state index in [4.69, 9.17) is 4.74 Å². The van der Waals surface area contributed by atoms with Crippen LogP contribution in [0.15, 0.2) is 84.2 Å². The van der Waals surface area contributed by atoms with Gasteiger partial charge in [0, 0.05) is 30.7 Å². The number of nitrogens with one attached hydrogen (secondary N) is 1. The first-order valence-corrected chi connectivity index (χ1v) is 10.1. The van der Waals surface area contributed by atoms with Gasteiger partial charge < -0.3 is 10.1 Å². The van der Waals surface area contributed by atoms with Gasteiger partial charge in [0.15, 0.2) is 0 Å². The van der Waals surface area contributed by atoms with Gasteiger partial charge in [0.25, 0.3) is 5.56 Å². The Hall–Kier alpha value is -4.33. The predicted octanol–water partition coefficient (Wildman–Crippen LogP) is 3.82. The SMILES string of the molecule is CCn1nc(-c2ccncc2)c(C(=O)OCc2ccccc2)c(Nc2cccnc2)c1=O. The average molecular weight is 427 g/mol. The number of pyridine rings is 2. The van der Waals surface area contributed by atoms with Gasteiger partial charge in [-0.3, -0.25) is 14.8 Å². The Morgan fingerprint density at radius 3 is 2.47 bits per heavy atom. The van der Waals surface area contributed by atoms with Crippen molar-refractivity contribution in [1.29, 1.82) is 0 Å². The average Bonchev–Trinajstić information content (AvgIpc) is 2.85. The van der Waals surface area contributed by atoms with Gasteiger partial charge in [-0.05, 0) is 36.8 Å². The van der Waals surface area contributed by atoms with E-state index in [2.05, 4.69) is 20.4 Å². The van der Waals surface area contributed by atoms with Gasteiger partial charge in [-0.25, -0.2) is 9.48 Å². The van der Waals surface area contributed by atoms with Crippen molar-refractivity contribution >= 4 is 17.3 Å². The van der Waals surface area contributed by atoms with Crippen molar-refractivity contribution in [2.75, 3.05) is 5.32 Å². The zero-order chi connectivity index (χ0) is 22.3. The highest BCUT2D eigenvalue weighted by atomic mass is 16.5. The van der Waals surface area contributed by atoms with Gasteiger partial charge in [0.05, 0.1) is 11.9 Å². The summed E-state index contributed by atoms with van der Waals surface area (Å²) in [5.41, 5.74) is 2.09. The minimum Gasteiger partial charge on any atom is -0.457 e. The summed E-state index contributed by atoms with van der Waals surface area (Å²) in [6.07, 6.45) is 6.40. The van der Waals surface area contributed by atoms with Gasteiger partial charge in [0.1, 0.15) is 23.6 Å². The number of anilines is 2. The minimum absolute atomic E-state index is 0.0608. The number of benzene rings is 1. The van der Waals surface area contributed by atoms with Crippen LogP contribution in [0, 0.1) is 0 Å². The molecule has 8 heteroatoms. The van der Waals surface area contributed by atoms with E-state index >= 15 is 0 Å². The van der Waals surface area contributed by atoms with Crippen LogP contribution < -0.4 is 10.9 Å². The number of aryl methyl sites for hydroxylation is 1. The van der Waals surface area contributed by atoms with E-state index in [9.17, 15) is 9.59 Å². The van der Waals surface area contributed by atoms with Crippen LogP contribution in [0.4, 0.5) is 11.4 Å². The summed E-state index contributed by atoms with van der Waals surface area (Å²) >= 11 is 0. The van der Waals surface area contributed by atoms with Crippen molar-refractivity contribution in [2.45, 2.75) is 20.1 Å². The van der Waals surface area contributed by atoms with Gasteiger partial charge in [-0.15, -0.1) is 0 Å². The van der Waals surface area contributed by atoms with Crippen molar-refractivity contribution in [3.63, 3.8) is 0 Å². The molecule has 3 aromatic heterocycles. The summed E-state index contributed by atoms with van der Waals surface area (Å²) < 4.78 is 6.89. The third-order valence-corrected chi connectivity index (χ3v) is 4.76. The fraction of sp³-hybridized carbons (Fsp3) is 0.125. The Morgan fingerprint density at radius 2 is 1.78 bits per heavy atom. The Balaban J connectivity index is 1.84. The highest BCUT2D eigenvalue weighted by Crippen LogP contribution is 2.27. The molecule has 0 aliphatic carbocycles. The van der Waals surface area contributed by atoms with Crippen molar-refractivity contribution in [3.8, 4) is 11.3 Å². The van der Waals surface area contributed by atoms with Crippen LogP contribution in [0.5, 0.6) is 0 Å². The van der Waals surface area contributed by atoms with E-state index < -0.39 is 11.5 Å². The quantitative estimate of drug-likeness (QED) is 0.448. The number of carbonyl (C=O) groups excluding carboxylic acids is 1. The van der Waals surface area contributed by atoms with E-state index in [-0.39, 0.29) is 17.9 Å². The molecule has 0 radical (unpaired) electrons. The lowest BCUT2D eigenvalue weighted by atomic mass is 10.1. The van der Waals surface area contributed by atoms with Gasteiger partial charge in [0.2, 0.25) is 0 Å². The van der Waals surface area contributed by atoms with E-state index in [1.165, 1.54) is 4.68 Å². The lowest BCUT2D eigenvalue weighted by Gasteiger charge is -2.17. The smallest absolute Gasteiger partial charge is 0.343 e. The first-order valence-electron chi connectivity index (χ1n) is 10.1. The Labute approximate surface area is 184 Å². The zero-order valence-corrected chi connectivity index (χ0v) is 17.4. The second kappa shape index (κ2) is 9.65. The fourth-order valence-electron chi connectivity index (χ4n) is 3.19. The van der Waals surface area contributed by atoms with Crippen LogP contribution in [0.3, 0.4) is 0 Å². The Bertz CT molecular complexity index is 1260. The number of nitrogens with zero attached hydrogens (tertiary/aromatic N) is 4. The molecule has 0 aliphatic rings. The maximum absolute atomic E-state index is 13.3. The molecule has 1 aromatic carbocycles. The molecule has 0 fully saturated rings. The van der Waals surface area contributed by atoms with Gasteiger partial charge in [-0.1, -0.05) is 30.3 Å². The van der Waals surface area contributed by atoms with Crippen molar-refractivity contribution < 1.29 is 9.53 Å². The van der Waals surface area contributed by atoms with E-state index in [1.54, 1.807) is 49.1 Å². The second-order valence-corrected chi connectivity index (χ2v) is 6.88. The molecule has 0 aliphatic heterocycles. The van der Waals surface area contributed by atoms with Crippen LogP contribution in [0.25, 0.3) is 11.3 Å². The summed E-state index contributed by atoms with van der Waals surface area (Å²) in [5, 5.41) is 7.51. The summed E-state index contributed by atoms with van der Waals surface area (Å²) in [4.78, 5) is 34.6. The number of esters is 1. The molecule has 0 saturated carbocycles. The van der Waals surface area contributed by atoms with Crippen molar-refractivity contribution in [2.24, 2.45) is 0 Å². The van der Waals surface area contributed by atoms with Crippen LogP contribution >= 0.6 is 0 Å². The number of hydrogen-bond acceptors (Lipinski definition) is 7. The third-order valence-electron chi connectivity index (χ3n) is 4.76. The fourth-order valence-corrected chi connectivity index (χ4v) is 3.19. The molecule has 32 heavy (non-hydrogen) atoms. The largest absolute Gasteiger partial charge is 0.457 e. The van der Waals surface area contributed by atoms with Crippen LogP contribution in [0.2, 0.25) is 0 Å². The van der Waals surface area contributed by atoms with Crippen molar-refractivity contribution in [3.05, 3.63) is 101 Å². The standard InChI is InChI=1S/C24H21N5O3/c1-2-29-23(30)22(27-19-9-6-12-26-15-19)20(21(28-29)18-10-13-25-14-11-18)24(31)32-16-17-7-4-3-5-8-17/h3-15,27H,2,16H2,1H3. The molecule has 0 amide bonds. The number of hydrogen-bond donors (Lipinski definition) is 1. The van der Waals surface area contributed by atoms with Gasteiger partial charge in [-0.2, -0.15) is 5.10 Å². The second-order valence-electron chi connectivity index (χ2n) is 6.88. The van der Waals surface area contributed by atoms with Gasteiger partial charge >= 0.3 is 5.97 Å². The van der Waals surface area contributed by atoms with E-state index in [1.807, 2.05) is 37.3 Å². The van der Waals surface area contributed by atoms with Crippen LogP contribution in [-0.4, -0.2) is 25.7 Å². The number of ether oxygens (including phenoxy) is 1. The lowest BCUT2D eigenvalue weighted by Crippen LogP contribution is -2.29. The molecule has 0 saturated heterocycles. The molecular formula is C24H21N5O3. The number of aromatic nitrogens is 4. The first-order chi connectivity index (χ1) is 15.7. The highest BCUT2D eigenvalue weighted by molar-refractivity contribution is 6.02. The Kier molecular flexibility index (Phi) is 6.31. The maximum atomic E-state index is 13.3. The summed E-state index contributed by atoms with van der Waals surface area (Å²) in [6.45, 7) is 2.21. The van der Waals surface area contributed by atoms with E-state index in [0.717, 1.165) is 5.56 Å². The first kappa shape index (κ1) is 20.9. The molecular weight excluding hydrogens is 406 g/mol. The molecule has 0 unspecified atom stereocenters. The summed E-state index contributed by atoms with van der Waals surface area (Å²) in [7, 11) is 0. The molecule has 0 spiro atoms. The Morgan fingerprint density at radius 1 is 1.00 bits per heavy atom. The molecule has 8 nitrogen and oxygen atoms in total. The molecule has 1 N–H and O–H groups in total. The molecule has 0 bridgehead atoms. The highest BCUT2D eigenvalue weighted by Gasteiger charge is 2.25. The normalized spacial score (nSPS) is 10.5. The summed E-state index contributed by atoms with van der Waals surface area (Å²) in [6, 6.07) is 16.3. The predicted molar refractivity (Wildman–Crippen MR) is 120 cm³/mol. The topological polar surface area (TPSA) is 99.0 Å². The minimum atomic E-state index is -0.653. The number of carbonyl (C=O) groups is 1.